The molecule has 2 aromatic heterocycles. The van der Waals surface area contributed by atoms with Crippen molar-refractivity contribution in [3.8, 4) is 51.0 Å². The lowest BCUT2D eigenvalue weighted by molar-refractivity contribution is 0.143. The molecule has 0 radical (unpaired) electrons. The molecule has 0 amide bonds. The average molecular weight is 765 g/mol. The molecular weight excluding hydrogens is 721 g/mol. The lowest BCUT2D eigenvalue weighted by Gasteiger charge is -2.21. The molecule has 3 aliphatic rings. The van der Waals surface area contributed by atoms with Gasteiger partial charge in [0.1, 0.15) is 17.2 Å². The average Bonchev–Trinajstić information content (AvgIpc) is 3.30. The van der Waals surface area contributed by atoms with Gasteiger partial charge in [-0.25, -0.2) is 19.9 Å². The fraction of sp³-hybridized carbons (Fsp3) is 0.200. The van der Waals surface area contributed by atoms with E-state index in [0.29, 0.717) is 0 Å². The second-order valence-electron chi connectivity index (χ2n) is 14.6. The maximum Gasteiger partial charge on any atom is 0.118 e. The first-order chi connectivity index (χ1) is 28.5. The number of allylic oxidation sites excluding steroid dienone is 4. The molecule has 0 N–H and O–H groups in total. The zero-order chi connectivity index (χ0) is 39.6. The molecule has 0 fully saturated rings. The van der Waals surface area contributed by atoms with Crippen LogP contribution >= 0.6 is 0 Å². The van der Waals surface area contributed by atoms with Gasteiger partial charge < -0.3 is 18.9 Å². The summed E-state index contributed by atoms with van der Waals surface area (Å²) in [5.74, 6) is 2.41. The monoisotopic (exact) mass is 764 g/mol. The first-order valence-corrected chi connectivity index (χ1v) is 19.7. The summed E-state index contributed by atoms with van der Waals surface area (Å²) >= 11 is 0. The predicted octanol–water partition coefficient (Wildman–Crippen LogP) is 10.6. The molecule has 0 bridgehead atoms. The summed E-state index contributed by atoms with van der Waals surface area (Å²) in [6, 6.07) is 33.0. The lowest BCUT2D eigenvalue weighted by Crippen LogP contribution is -2.11. The standard InChI is InChI=1S/C50H44N4O4/c1-55-39-19-9-33(10-20-39)47-49(35-13-23-41(57-3)24-14-35)53-45-29-37(17-27-43(45)51-47)31-5-7-32(8-6-31)38-18-28-44-46(30-38)54-50(36-15-25-42(58-4)26-16-36)48(52-44)34-11-21-40(56-2)22-12-34/h5-16,19-25,29-30,42H,17-18,26-28H2,1-4H3. The van der Waals surface area contributed by atoms with Crippen molar-refractivity contribution < 1.29 is 18.9 Å². The highest BCUT2D eigenvalue weighted by Crippen LogP contribution is 2.38. The minimum absolute atomic E-state index is 0.0649. The van der Waals surface area contributed by atoms with E-state index in [4.69, 9.17) is 38.9 Å². The third-order valence-electron chi connectivity index (χ3n) is 11.2. The van der Waals surface area contributed by atoms with Crippen molar-refractivity contribution in [3.05, 3.63) is 155 Å². The normalized spacial score (nSPS) is 15.7. The number of aryl methyl sites for hydroxylation is 2. The molecule has 2 heterocycles. The Hall–Kier alpha value is -6.64. The van der Waals surface area contributed by atoms with Crippen LogP contribution in [0.4, 0.5) is 0 Å². The highest BCUT2D eigenvalue weighted by molar-refractivity contribution is 5.89. The van der Waals surface area contributed by atoms with Crippen molar-refractivity contribution in [3.63, 3.8) is 0 Å². The van der Waals surface area contributed by atoms with Gasteiger partial charge in [0.05, 0.1) is 73.0 Å². The third-order valence-corrected chi connectivity index (χ3v) is 11.2. The van der Waals surface area contributed by atoms with Crippen LogP contribution in [0.15, 0.2) is 115 Å². The Morgan fingerprint density at radius 2 is 0.845 bits per heavy atom. The molecule has 6 aromatic rings. The Labute approximate surface area is 339 Å². The molecule has 1 unspecified atom stereocenters. The van der Waals surface area contributed by atoms with Crippen molar-refractivity contribution in [1.29, 1.82) is 0 Å². The molecule has 8 heteroatoms. The minimum atomic E-state index is 0.0649. The summed E-state index contributed by atoms with van der Waals surface area (Å²) < 4.78 is 21.9. The van der Waals surface area contributed by atoms with Gasteiger partial charge in [0.15, 0.2) is 0 Å². The molecule has 58 heavy (non-hydrogen) atoms. The van der Waals surface area contributed by atoms with E-state index in [2.05, 4.69) is 66.8 Å². The zero-order valence-corrected chi connectivity index (χ0v) is 33.2. The van der Waals surface area contributed by atoms with Crippen LogP contribution in [0.25, 0.3) is 62.6 Å². The number of benzene rings is 4. The Kier molecular flexibility index (Phi) is 10.2. The molecular formula is C50H44N4O4. The van der Waals surface area contributed by atoms with Gasteiger partial charge in [0.2, 0.25) is 0 Å². The van der Waals surface area contributed by atoms with Gasteiger partial charge in [-0.05, 0) is 145 Å². The van der Waals surface area contributed by atoms with Gasteiger partial charge >= 0.3 is 0 Å². The van der Waals surface area contributed by atoms with E-state index >= 15 is 0 Å². The first-order valence-electron chi connectivity index (χ1n) is 19.7. The van der Waals surface area contributed by atoms with Crippen molar-refractivity contribution in [2.75, 3.05) is 28.4 Å². The number of hydrogen-bond donors (Lipinski definition) is 0. The highest BCUT2D eigenvalue weighted by Gasteiger charge is 2.23. The quantitative estimate of drug-likeness (QED) is 0.136. The van der Waals surface area contributed by atoms with Crippen LogP contribution in [0.2, 0.25) is 0 Å². The van der Waals surface area contributed by atoms with Crippen LogP contribution < -0.4 is 14.2 Å². The molecule has 0 saturated carbocycles. The Morgan fingerprint density at radius 3 is 1.24 bits per heavy atom. The predicted molar refractivity (Wildman–Crippen MR) is 231 cm³/mol. The van der Waals surface area contributed by atoms with Gasteiger partial charge in [0, 0.05) is 23.8 Å². The SMILES string of the molecule is COc1ccc(-c2nc3c(nc2C2=CCC(OC)C=C2)C=C(c2ccc(C4=Cc5nc(-c6ccc(OC)cc6)c(-c6ccc(OC)cc6)nc5CC4)cc2)CC3)cc1. The summed E-state index contributed by atoms with van der Waals surface area (Å²) in [4.78, 5) is 21.1. The van der Waals surface area contributed by atoms with Gasteiger partial charge in [-0.3, -0.25) is 0 Å². The van der Waals surface area contributed by atoms with Gasteiger partial charge in [0.25, 0.3) is 0 Å². The Balaban J connectivity index is 1.02. The van der Waals surface area contributed by atoms with Crippen LogP contribution in [-0.2, 0) is 17.6 Å². The zero-order valence-electron chi connectivity index (χ0n) is 33.2. The summed E-state index contributed by atoms with van der Waals surface area (Å²) in [6.07, 6.45) is 15.1. The van der Waals surface area contributed by atoms with E-state index in [9.17, 15) is 0 Å². The molecule has 9 rings (SSSR count). The number of ether oxygens (including phenoxy) is 4. The molecule has 8 nitrogen and oxygen atoms in total. The van der Waals surface area contributed by atoms with Crippen LogP contribution in [0.5, 0.6) is 17.2 Å². The largest absolute Gasteiger partial charge is 0.497 e. The van der Waals surface area contributed by atoms with Crippen LogP contribution in [-0.4, -0.2) is 54.5 Å². The molecule has 0 saturated heterocycles. The van der Waals surface area contributed by atoms with E-state index in [1.54, 1.807) is 28.4 Å². The topological polar surface area (TPSA) is 88.5 Å². The number of fused-ring (bicyclic) bond motifs is 2. The van der Waals surface area contributed by atoms with Crippen molar-refractivity contribution in [2.24, 2.45) is 0 Å². The van der Waals surface area contributed by atoms with Gasteiger partial charge in [-0.2, -0.15) is 0 Å². The van der Waals surface area contributed by atoms with Gasteiger partial charge in [-0.1, -0.05) is 42.5 Å². The smallest absolute Gasteiger partial charge is 0.118 e. The Morgan fingerprint density at radius 1 is 0.448 bits per heavy atom. The van der Waals surface area contributed by atoms with E-state index in [1.807, 2.05) is 60.7 Å². The van der Waals surface area contributed by atoms with E-state index in [1.165, 1.54) is 22.3 Å². The fourth-order valence-electron chi connectivity index (χ4n) is 7.90. The van der Waals surface area contributed by atoms with Crippen molar-refractivity contribution >= 4 is 28.9 Å². The number of methoxy groups -OCH3 is 4. The number of hydrogen-bond acceptors (Lipinski definition) is 8. The number of aromatic nitrogens is 4. The maximum atomic E-state index is 5.58. The molecule has 1 atom stereocenters. The van der Waals surface area contributed by atoms with Crippen molar-refractivity contribution in [1.82, 2.24) is 19.9 Å². The second kappa shape index (κ2) is 16.1. The molecule has 0 aliphatic heterocycles. The van der Waals surface area contributed by atoms with E-state index in [0.717, 1.165) is 117 Å². The van der Waals surface area contributed by atoms with Crippen LogP contribution in [0.1, 0.15) is 58.9 Å². The second-order valence-corrected chi connectivity index (χ2v) is 14.6. The summed E-state index contributed by atoms with van der Waals surface area (Å²) in [6.45, 7) is 0. The molecule has 288 valence electrons. The van der Waals surface area contributed by atoms with Gasteiger partial charge in [-0.15, -0.1) is 0 Å². The summed E-state index contributed by atoms with van der Waals surface area (Å²) in [5.41, 5.74) is 16.2. The molecule has 0 spiro atoms. The summed E-state index contributed by atoms with van der Waals surface area (Å²) in [7, 11) is 6.78. The molecule has 3 aliphatic carbocycles. The van der Waals surface area contributed by atoms with Crippen LogP contribution in [0, 0.1) is 0 Å². The maximum absolute atomic E-state index is 5.58. The van der Waals surface area contributed by atoms with E-state index in [-0.39, 0.29) is 6.10 Å². The highest BCUT2D eigenvalue weighted by atomic mass is 16.5. The Bertz CT molecular complexity index is 2610. The van der Waals surface area contributed by atoms with Crippen LogP contribution in [0.3, 0.4) is 0 Å². The number of rotatable bonds is 10. The minimum Gasteiger partial charge on any atom is -0.497 e. The number of nitrogens with zero attached hydrogens (tertiary/aromatic N) is 4. The van der Waals surface area contributed by atoms with Crippen molar-refractivity contribution in [2.45, 2.75) is 38.2 Å². The molecule has 4 aromatic carbocycles. The summed E-state index contributed by atoms with van der Waals surface area (Å²) in [5, 5.41) is 0. The lowest BCUT2D eigenvalue weighted by atomic mass is 9.89. The third kappa shape index (κ3) is 7.35. The fourth-order valence-corrected chi connectivity index (χ4v) is 7.90. The van der Waals surface area contributed by atoms with E-state index < -0.39 is 0 Å². The first kappa shape index (κ1) is 37.0.